The first-order chi connectivity index (χ1) is 13.0. The first-order valence-corrected chi connectivity index (χ1v) is 10.8. The fourth-order valence-corrected chi connectivity index (χ4v) is 5.91. The van der Waals surface area contributed by atoms with Crippen LogP contribution in [0.4, 0.5) is 9.59 Å². The zero-order valence-corrected chi connectivity index (χ0v) is 16.6. The molecule has 152 valence electrons. The number of nitrogens with zero attached hydrogens (tertiary/aromatic N) is 4. The van der Waals surface area contributed by atoms with E-state index >= 15 is 0 Å². The number of likely N-dealkylation sites (tertiary alicyclic amines) is 2. The molecule has 0 spiro atoms. The van der Waals surface area contributed by atoms with Crippen molar-refractivity contribution in [3.8, 4) is 0 Å². The van der Waals surface area contributed by atoms with Gasteiger partial charge in [-0.25, -0.2) is 9.59 Å². The van der Waals surface area contributed by atoms with Crippen LogP contribution in [0.25, 0.3) is 0 Å². The van der Waals surface area contributed by atoms with Crippen LogP contribution in [0.15, 0.2) is 0 Å². The number of carboxylic acid groups (broad SMARTS) is 1. The predicted molar refractivity (Wildman–Crippen MR) is 103 cm³/mol. The van der Waals surface area contributed by atoms with E-state index in [1.807, 2.05) is 11.9 Å². The molecule has 1 saturated carbocycles. The monoisotopic (exact) mass is 378 g/mol. The first kappa shape index (κ1) is 18.8. The summed E-state index contributed by atoms with van der Waals surface area (Å²) in [5, 5.41) is 9.13. The molecule has 4 rings (SSSR count). The zero-order chi connectivity index (χ0) is 19.0. The van der Waals surface area contributed by atoms with Gasteiger partial charge in [0.1, 0.15) is 0 Å². The average molecular weight is 379 g/mol. The molecule has 7 heteroatoms. The Hall–Kier alpha value is -1.50. The van der Waals surface area contributed by atoms with Gasteiger partial charge in [-0.2, -0.15) is 0 Å². The van der Waals surface area contributed by atoms with Crippen molar-refractivity contribution in [1.82, 2.24) is 19.6 Å². The number of amides is 3. The van der Waals surface area contributed by atoms with Crippen LogP contribution in [0.3, 0.4) is 0 Å². The molecule has 0 aromatic carbocycles. The van der Waals surface area contributed by atoms with Gasteiger partial charge in [-0.3, -0.25) is 0 Å². The van der Waals surface area contributed by atoms with Crippen molar-refractivity contribution in [2.75, 3.05) is 39.8 Å². The van der Waals surface area contributed by atoms with Crippen LogP contribution in [-0.4, -0.2) is 94.7 Å². The third-order valence-electron chi connectivity index (χ3n) is 7.43. The Morgan fingerprint density at radius 2 is 1.56 bits per heavy atom. The number of hydrogen-bond donors (Lipinski definition) is 1. The molecule has 1 aliphatic carbocycles. The van der Waals surface area contributed by atoms with Crippen molar-refractivity contribution in [2.24, 2.45) is 5.92 Å². The third kappa shape index (κ3) is 3.75. The summed E-state index contributed by atoms with van der Waals surface area (Å²) < 4.78 is 0. The molecule has 0 aromatic heterocycles. The minimum Gasteiger partial charge on any atom is -0.465 e. The Morgan fingerprint density at radius 3 is 2.22 bits per heavy atom. The predicted octanol–water partition coefficient (Wildman–Crippen LogP) is 2.52. The second-order valence-corrected chi connectivity index (χ2v) is 8.95. The van der Waals surface area contributed by atoms with Crippen molar-refractivity contribution in [3.63, 3.8) is 0 Å². The Bertz CT molecular complexity index is 555. The lowest BCUT2D eigenvalue weighted by atomic mass is 9.80. The number of urea groups is 1. The number of piperidine rings is 2. The lowest BCUT2D eigenvalue weighted by molar-refractivity contribution is 0.000235. The normalized spacial score (nSPS) is 31.9. The Morgan fingerprint density at radius 1 is 0.926 bits per heavy atom. The highest BCUT2D eigenvalue weighted by Gasteiger charge is 2.44. The first-order valence-electron chi connectivity index (χ1n) is 10.8. The zero-order valence-electron chi connectivity index (χ0n) is 16.6. The van der Waals surface area contributed by atoms with Gasteiger partial charge < -0.3 is 24.7 Å². The van der Waals surface area contributed by atoms with E-state index < -0.39 is 6.09 Å². The van der Waals surface area contributed by atoms with Crippen LogP contribution in [-0.2, 0) is 0 Å². The third-order valence-corrected chi connectivity index (χ3v) is 7.43. The molecule has 3 amide bonds. The van der Waals surface area contributed by atoms with Gasteiger partial charge in [-0.15, -0.1) is 0 Å². The topological polar surface area (TPSA) is 67.3 Å². The summed E-state index contributed by atoms with van der Waals surface area (Å²) in [7, 11) is 1.96. The van der Waals surface area contributed by atoms with Crippen LogP contribution >= 0.6 is 0 Å². The van der Waals surface area contributed by atoms with Crippen LogP contribution in [0.1, 0.15) is 51.4 Å². The maximum absolute atomic E-state index is 12.9. The second-order valence-electron chi connectivity index (χ2n) is 8.95. The van der Waals surface area contributed by atoms with Crippen LogP contribution in [0, 0.1) is 5.92 Å². The summed E-state index contributed by atoms with van der Waals surface area (Å²) in [5.74, 6) is 0.653. The molecule has 0 unspecified atom stereocenters. The van der Waals surface area contributed by atoms with Crippen LogP contribution in [0.5, 0.6) is 0 Å². The van der Waals surface area contributed by atoms with E-state index in [4.69, 9.17) is 5.11 Å². The van der Waals surface area contributed by atoms with E-state index in [-0.39, 0.29) is 6.03 Å². The minimum absolute atomic E-state index is 0.242. The van der Waals surface area contributed by atoms with Gasteiger partial charge in [-0.05, 0) is 44.4 Å². The van der Waals surface area contributed by atoms with Crippen molar-refractivity contribution in [2.45, 2.75) is 69.5 Å². The van der Waals surface area contributed by atoms with Crippen molar-refractivity contribution in [1.29, 1.82) is 0 Å². The molecule has 0 bridgehead atoms. The summed E-state index contributed by atoms with van der Waals surface area (Å²) in [6, 6.07) is 1.58. The molecular formula is C20H34N4O3. The number of fused-ring (bicyclic) bond motifs is 1. The van der Waals surface area contributed by atoms with E-state index in [2.05, 4.69) is 9.80 Å². The van der Waals surface area contributed by atoms with E-state index in [9.17, 15) is 9.59 Å². The Labute approximate surface area is 162 Å². The van der Waals surface area contributed by atoms with Gasteiger partial charge in [0.2, 0.25) is 0 Å². The number of hydrogen-bond acceptors (Lipinski definition) is 3. The van der Waals surface area contributed by atoms with E-state index in [0.717, 1.165) is 45.3 Å². The molecule has 7 nitrogen and oxygen atoms in total. The summed E-state index contributed by atoms with van der Waals surface area (Å²) >= 11 is 0. The van der Waals surface area contributed by atoms with Crippen molar-refractivity contribution >= 4 is 12.1 Å². The van der Waals surface area contributed by atoms with Gasteiger partial charge >= 0.3 is 12.1 Å². The lowest BCUT2D eigenvalue weighted by Gasteiger charge is -2.52. The largest absolute Gasteiger partial charge is 0.465 e. The van der Waals surface area contributed by atoms with Gasteiger partial charge in [0.15, 0.2) is 0 Å². The molecule has 2 atom stereocenters. The molecule has 3 heterocycles. The summed E-state index contributed by atoms with van der Waals surface area (Å²) in [6.45, 7) is 4.31. The van der Waals surface area contributed by atoms with Gasteiger partial charge in [-0.1, -0.05) is 12.8 Å². The highest BCUT2D eigenvalue weighted by atomic mass is 16.4. The fourth-order valence-electron chi connectivity index (χ4n) is 5.91. The molecule has 3 saturated heterocycles. The summed E-state index contributed by atoms with van der Waals surface area (Å²) in [4.78, 5) is 32.3. The highest BCUT2D eigenvalue weighted by Crippen LogP contribution is 2.36. The summed E-state index contributed by atoms with van der Waals surface area (Å²) in [5.41, 5.74) is 0. The highest BCUT2D eigenvalue weighted by molar-refractivity contribution is 5.76. The van der Waals surface area contributed by atoms with Gasteiger partial charge in [0.05, 0.1) is 0 Å². The SMILES string of the molecule is CN1C[C@H]2CCCC[C@@H]2N(C2CCN(C3CCN(C(=O)O)CC3)CC2)C1=O. The average Bonchev–Trinajstić information content (AvgIpc) is 2.69. The second kappa shape index (κ2) is 7.86. The maximum Gasteiger partial charge on any atom is 0.407 e. The number of rotatable bonds is 2. The lowest BCUT2D eigenvalue weighted by Crippen LogP contribution is -2.63. The van der Waals surface area contributed by atoms with Crippen LogP contribution < -0.4 is 0 Å². The molecule has 4 aliphatic rings. The van der Waals surface area contributed by atoms with E-state index in [1.165, 1.54) is 30.6 Å². The van der Waals surface area contributed by atoms with Gasteiger partial charge in [0, 0.05) is 57.9 Å². The molecule has 0 radical (unpaired) electrons. The van der Waals surface area contributed by atoms with Crippen molar-refractivity contribution < 1.29 is 14.7 Å². The smallest absolute Gasteiger partial charge is 0.407 e. The molecule has 4 fully saturated rings. The standard InChI is InChI=1S/C20H34N4O3/c1-21-14-15-4-2-3-5-18(15)24(19(21)25)17-8-10-22(11-9-17)16-6-12-23(13-7-16)20(26)27/h15-18H,2-14H2,1H3,(H,26,27)/t15-,18+/m1/s1. The van der Waals surface area contributed by atoms with Crippen molar-refractivity contribution in [3.05, 3.63) is 0 Å². The number of carbonyl (C=O) groups is 2. The quantitative estimate of drug-likeness (QED) is 0.802. The Balaban J connectivity index is 1.34. The van der Waals surface area contributed by atoms with Gasteiger partial charge in [0.25, 0.3) is 0 Å². The maximum atomic E-state index is 12.9. The molecule has 0 aromatic rings. The summed E-state index contributed by atoms with van der Waals surface area (Å²) in [6.07, 6.45) is 8.21. The Kier molecular flexibility index (Phi) is 5.48. The number of carbonyl (C=O) groups excluding carboxylic acids is 1. The van der Waals surface area contributed by atoms with E-state index in [0.29, 0.717) is 37.1 Å². The molecular weight excluding hydrogens is 344 g/mol. The fraction of sp³-hybridized carbons (Fsp3) is 0.900. The molecule has 3 aliphatic heterocycles. The molecule has 27 heavy (non-hydrogen) atoms. The molecule has 1 N–H and O–H groups in total. The van der Waals surface area contributed by atoms with E-state index in [1.54, 1.807) is 0 Å². The minimum atomic E-state index is -0.790. The van der Waals surface area contributed by atoms with Crippen LogP contribution in [0.2, 0.25) is 0 Å².